The number of hydrogen-bond donors (Lipinski definition) is 1. The first-order chi connectivity index (χ1) is 16.0. The number of nitrogens with zero attached hydrogens (tertiary/aromatic N) is 2. The maximum absolute atomic E-state index is 14.6. The summed E-state index contributed by atoms with van der Waals surface area (Å²) in [4.78, 5) is 6.53. The molecule has 0 saturated carbocycles. The number of furan rings is 1. The Bertz CT molecular complexity index is 1310. The molecule has 166 valence electrons. The number of thiocarbonyl (C=S) groups is 1. The number of rotatable bonds is 5. The van der Waals surface area contributed by atoms with Crippen molar-refractivity contribution >= 4 is 38.9 Å². The zero-order chi connectivity index (χ0) is 22.9. The fourth-order valence-corrected chi connectivity index (χ4v) is 4.71. The molecule has 3 heterocycles. The average Bonchev–Trinajstić information content (AvgIpc) is 3.44. The van der Waals surface area contributed by atoms with Crippen molar-refractivity contribution in [1.82, 2.24) is 10.3 Å². The molecule has 1 aliphatic rings. The van der Waals surface area contributed by atoms with Crippen LogP contribution in [0.25, 0.3) is 11.3 Å². The van der Waals surface area contributed by atoms with Gasteiger partial charge in [0.15, 0.2) is 5.11 Å². The summed E-state index contributed by atoms with van der Waals surface area (Å²) in [6, 6.07) is 21.3. The van der Waals surface area contributed by atoms with Gasteiger partial charge in [-0.05, 0) is 66.8 Å². The van der Waals surface area contributed by atoms with Gasteiger partial charge < -0.3 is 19.4 Å². The Hall–Kier alpha value is -3.23. The van der Waals surface area contributed by atoms with Gasteiger partial charge in [0.1, 0.15) is 29.1 Å². The predicted octanol–water partition coefficient (Wildman–Crippen LogP) is 6.43. The van der Waals surface area contributed by atoms with Crippen LogP contribution in [0.4, 0.5) is 10.1 Å². The summed E-state index contributed by atoms with van der Waals surface area (Å²) < 4.78 is 26.9. The Kier molecular flexibility index (Phi) is 5.86. The molecule has 2 atom stereocenters. The van der Waals surface area contributed by atoms with Gasteiger partial charge in [-0.1, -0.05) is 28.1 Å². The highest BCUT2D eigenvalue weighted by Gasteiger charge is 2.42. The molecule has 0 radical (unpaired) electrons. The molecular weight excluding hydrogens is 505 g/mol. The highest BCUT2D eigenvalue weighted by atomic mass is 79.9. The molecule has 5 rings (SSSR count). The van der Waals surface area contributed by atoms with Crippen molar-refractivity contribution in [2.45, 2.75) is 12.1 Å². The summed E-state index contributed by atoms with van der Waals surface area (Å²) in [6.07, 6.45) is 1.75. The highest BCUT2D eigenvalue weighted by Crippen LogP contribution is 2.43. The maximum Gasteiger partial charge on any atom is 0.174 e. The van der Waals surface area contributed by atoms with E-state index in [0.717, 1.165) is 11.4 Å². The average molecular weight is 524 g/mol. The molecule has 0 amide bonds. The maximum atomic E-state index is 14.6. The van der Waals surface area contributed by atoms with Gasteiger partial charge in [0.2, 0.25) is 0 Å². The zero-order valence-electron chi connectivity index (χ0n) is 17.5. The number of pyridine rings is 1. The van der Waals surface area contributed by atoms with Gasteiger partial charge in [-0.25, -0.2) is 4.39 Å². The summed E-state index contributed by atoms with van der Waals surface area (Å²) in [6.45, 7) is 0. The minimum absolute atomic E-state index is 0.265. The van der Waals surface area contributed by atoms with Crippen LogP contribution in [0.2, 0.25) is 0 Å². The van der Waals surface area contributed by atoms with Crippen LogP contribution in [0.1, 0.15) is 23.5 Å². The molecule has 0 bridgehead atoms. The first-order valence-corrected chi connectivity index (χ1v) is 11.4. The Morgan fingerprint density at radius 3 is 2.73 bits per heavy atom. The Labute approximate surface area is 204 Å². The fourth-order valence-electron chi connectivity index (χ4n) is 4.03. The minimum Gasteiger partial charge on any atom is -0.497 e. The van der Waals surface area contributed by atoms with E-state index < -0.39 is 0 Å². The first kappa shape index (κ1) is 21.6. The van der Waals surface area contributed by atoms with Crippen LogP contribution in [-0.4, -0.2) is 17.2 Å². The number of aromatic nitrogens is 1. The minimum atomic E-state index is -0.365. The molecule has 0 spiro atoms. The van der Waals surface area contributed by atoms with Gasteiger partial charge in [0.05, 0.1) is 24.4 Å². The molecule has 2 aromatic heterocycles. The number of benzene rings is 2. The lowest BCUT2D eigenvalue weighted by Crippen LogP contribution is -2.29. The number of halogens is 2. The third-order valence-corrected chi connectivity index (χ3v) is 6.35. The Morgan fingerprint density at radius 2 is 1.97 bits per heavy atom. The number of methoxy groups -OCH3 is 1. The highest BCUT2D eigenvalue weighted by molar-refractivity contribution is 9.10. The van der Waals surface area contributed by atoms with Crippen molar-refractivity contribution in [2.24, 2.45) is 0 Å². The second-order valence-corrected chi connectivity index (χ2v) is 8.83. The van der Waals surface area contributed by atoms with E-state index in [2.05, 4.69) is 26.2 Å². The van der Waals surface area contributed by atoms with E-state index in [4.69, 9.17) is 21.4 Å². The van der Waals surface area contributed by atoms with Crippen molar-refractivity contribution < 1.29 is 13.5 Å². The van der Waals surface area contributed by atoms with E-state index in [-0.39, 0.29) is 17.9 Å². The summed E-state index contributed by atoms with van der Waals surface area (Å²) in [5.74, 6) is 1.43. The van der Waals surface area contributed by atoms with Gasteiger partial charge in [0.25, 0.3) is 0 Å². The lowest BCUT2D eigenvalue weighted by molar-refractivity contribution is 0.414. The number of nitrogens with one attached hydrogen (secondary N) is 1. The summed E-state index contributed by atoms with van der Waals surface area (Å²) in [7, 11) is 1.62. The topological polar surface area (TPSA) is 50.5 Å². The van der Waals surface area contributed by atoms with Crippen LogP contribution < -0.4 is 15.0 Å². The van der Waals surface area contributed by atoms with Crippen molar-refractivity contribution in [3.05, 3.63) is 101 Å². The van der Waals surface area contributed by atoms with Crippen LogP contribution in [-0.2, 0) is 0 Å². The molecule has 0 aliphatic carbocycles. The molecule has 0 unspecified atom stereocenters. The monoisotopic (exact) mass is 523 g/mol. The third-order valence-electron chi connectivity index (χ3n) is 5.54. The van der Waals surface area contributed by atoms with Crippen molar-refractivity contribution in [3.8, 4) is 17.1 Å². The van der Waals surface area contributed by atoms with Gasteiger partial charge in [-0.3, -0.25) is 4.98 Å². The van der Waals surface area contributed by atoms with E-state index in [1.165, 1.54) is 6.07 Å². The van der Waals surface area contributed by atoms with Crippen molar-refractivity contribution in [1.29, 1.82) is 0 Å². The summed E-state index contributed by atoms with van der Waals surface area (Å²) in [5.41, 5.74) is 2.06. The predicted molar refractivity (Wildman–Crippen MR) is 133 cm³/mol. The molecule has 1 fully saturated rings. The molecular formula is C25H19BrFN3O2S. The van der Waals surface area contributed by atoms with Gasteiger partial charge in [-0.2, -0.15) is 0 Å². The van der Waals surface area contributed by atoms with Crippen molar-refractivity contribution in [3.63, 3.8) is 0 Å². The van der Waals surface area contributed by atoms with Gasteiger partial charge in [0, 0.05) is 22.4 Å². The van der Waals surface area contributed by atoms with E-state index in [1.54, 1.807) is 31.5 Å². The third kappa shape index (κ3) is 4.12. The van der Waals surface area contributed by atoms with E-state index in [1.807, 2.05) is 53.4 Å². The second kappa shape index (κ2) is 8.96. The molecule has 33 heavy (non-hydrogen) atoms. The largest absolute Gasteiger partial charge is 0.497 e. The molecule has 4 aromatic rings. The van der Waals surface area contributed by atoms with Crippen molar-refractivity contribution in [2.75, 3.05) is 12.0 Å². The smallest absolute Gasteiger partial charge is 0.174 e. The Morgan fingerprint density at radius 1 is 1.09 bits per heavy atom. The zero-order valence-corrected chi connectivity index (χ0v) is 19.9. The number of anilines is 1. The molecule has 2 aromatic carbocycles. The summed E-state index contributed by atoms with van der Waals surface area (Å²) >= 11 is 9.03. The van der Waals surface area contributed by atoms with Crippen LogP contribution in [0.15, 0.2) is 87.9 Å². The fraction of sp³-hybridized carbons (Fsp3) is 0.120. The van der Waals surface area contributed by atoms with Crippen LogP contribution >= 0.6 is 28.1 Å². The normalized spacial score (nSPS) is 17.8. The molecule has 1 aliphatic heterocycles. The standard InChI is InChI=1S/C25H19BrFN3O2S/c1-31-17-6-4-5-16(14-17)30-24(23(29-25(30)33)20-7-2-3-12-28-20)22-11-10-21(32-22)18-9-8-15(26)13-19(18)27/h2-14,23-24H,1H3,(H,29,33)/t23-,24-/m0/s1. The van der Waals surface area contributed by atoms with E-state index >= 15 is 0 Å². The first-order valence-electron chi connectivity index (χ1n) is 10.2. The quantitative estimate of drug-likeness (QED) is 0.304. The molecule has 1 N–H and O–H groups in total. The van der Waals surface area contributed by atoms with Crippen LogP contribution in [0.5, 0.6) is 5.75 Å². The van der Waals surface area contributed by atoms with Gasteiger partial charge in [-0.15, -0.1) is 0 Å². The van der Waals surface area contributed by atoms with Gasteiger partial charge >= 0.3 is 0 Å². The van der Waals surface area contributed by atoms with E-state index in [0.29, 0.717) is 32.4 Å². The lowest BCUT2D eigenvalue weighted by atomic mass is 10.0. The molecule has 8 heteroatoms. The lowest BCUT2D eigenvalue weighted by Gasteiger charge is -2.26. The molecule has 5 nitrogen and oxygen atoms in total. The SMILES string of the molecule is COc1cccc(N2C(=S)N[C@@H](c3ccccn3)[C@@H]2c2ccc(-c3ccc(Br)cc3F)o2)c1. The van der Waals surface area contributed by atoms with Crippen LogP contribution in [0, 0.1) is 5.82 Å². The second-order valence-electron chi connectivity index (χ2n) is 7.52. The van der Waals surface area contributed by atoms with Crippen LogP contribution in [0.3, 0.4) is 0 Å². The summed E-state index contributed by atoms with van der Waals surface area (Å²) in [5, 5.41) is 3.93. The number of ether oxygens (including phenoxy) is 1. The van der Waals surface area contributed by atoms with E-state index in [9.17, 15) is 4.39 Å². The molecule has 1 saturated heterocycles. The Balaban J connectivity index is 1.61. The number of hydrogen-bond acceptors (Lipinski definition) is 4.